The monoisotopic (exact) mass is 442 g/mol. The van der Waals surface area contributed by atoms with Crippen LogP contribution in [0.15, 0.2) is 64.5 Å². The van der Waals surface area contributed by atoms with Crippen molar-refractivity contribution in [1.82, 2.24) is 24.6 Å². The molecule has 0 aliphatic rings. The van der Waals surface area contributed by atoms with E-state index in [-0.39, 0.29) is 5.16 Å². The van der Waals surface area contributed by atoms with E-state index < -0.39 is 10.8 Å². The summed E-state index contributed by atoms with van der Waals surface area (Å²) < 4.78 is 14.1. The summed E-state index contributed by atoms with van der Waals surface area (Å²) in [5, 5.41) is 7.77. The summed E-state index contributed by atoms with van der Waals surface area (Å²) in [5.41, 5.74) is 3.64. The molecule has 1 aromatic carbocycles. The molecule has 0 radical (unpaired) electrons. The smallest absolute Gasteiger partial charge is 0.228 e. The van der Waals surface area contributed by atoms with Crippen LogP contribution in [0.2, 0.25) is 0 Å². The summed E-state index contributed by atoms with van der Waals surface area (Å²) in [5.74, 6) is 0.490. The first-order valence-electron chi connectivity index (χ1n) is 8.11. The van der Waals surface area contributed by atoms with Gasteiger partial charge in [-0.25, -0.2) is 0 Å². The molecule has 4 rings (SSSR count). The number of nitrogens with one attached hydrogen (secondary N) is 1. The Morgan fingerprint density at radius 2 is 1.96 bits per heavy atom. The molecule has 0 aliphatic carbocycles. The van der Waals surface area contributed by atoms with Crippen LogP contribution in [-0.4, -0.2) is 35.0 Å². The molecule has 0 bridgehead atoms. The lowest BCUT2D eigenvalue weighted by molar-refractivity contribution is 0.678. The molecule has 4 aromatic rings. The molecule has 3 aromatic heterocycles. The van der Waals surface area contributed by atoms with Crippen LogP contribution in [0.3, 0.4) is 0 Å². The SMILES string of the molecule is CS(=O)c1nc(NCc2ccc(-c3ccccn3)cc2)n2ncc(Br)c2n1. The van der Waals surface area contributed by atoms with Crippen LogP contribution in [0.5, 0.6) is 0 Å². The first kappa shape index (κ1) is 17.7. The molecule has 0 fully saturated rings. The Hall–Kier alpha value is -2.65. The number of halogens is 1. The minimum absolute atomic E-state index is 0.261. The van der Waals surface area contributed by atoms with E-state index in [0.717, 1.165) is 21.3 Å². The van der Waals surface area contributed by atoms with Crippen molar-refractivity contribution in [2.24, 2.45) is 0 Å². The Bertz CT molecular complexity index is 1110. The minimum Gasteiger partial charge on any atom is -0.350 e. The molecule has 7 nitrogen and oxygen atoms in total. The Kier molecular flexibility index (Phi) is 4.95. The maximum Gasteiger partial charge on any atom is 0.228 e. The van der Waals surface area contributed by atoms with Gasteiger partial charge in [-0.05, 0) is 33.6 Å². The van der Waals surface area contributed by atoms with Gasteiger partial charge in [0.25, 0.3) is 0 Å². The standard InChI is InChI=1S/C18H15BrN6OS/c1-27(26)18-23-16-14(19)11-22-25(16)17(24-18)21-10-12-5-7-13(8-6-12)15-4-2-3-9-20-15/h2-9,11H,10H2,1H3,(H,21,23,24). The Balaban J connectivity index is 1.57. The van der Waals surface area contributed by atoms with E-state index in [1.807, 2.05) is 42.5 Å². The zero-order valence-corrected chi connectivity index (χ0v) is 16.7. The average Bonchev–Trinajstić information content (AvgIpc) is 3.08. The van der Waals surface area contributed by atoms with E-state index in [4.69, 9.17) is 0 Å². The van der Waals surface area contributed by atoms with Crippen LogP contribution in [-0.2, 0) is 17.3 Å². The third-order valence-corrected chi connectivity index (χ3v) is 5.18. The van der Waals surface area contributed by atoms with Crippen molar-refractivity contribution >= 4 is 38.3 Å². The van der Waals surface area contributed by atoms with Gasteiger partial charge in [0, 0.05) is 24.6 Å². The van der Waals surface area contributed by atoms with E-state index in [2.05, 4.69) is 41.3 Å². The molecule has 1 atom stereocenters. The number of nitrogens with zero attached hydrogens (tertiary/aromatic N) is 5. The lowest BCUT2D eigenvalue weighted by Crippen LogP contribution is -2.11. The molecule has 136 valence electrons. The van der Waals surface area contributed by atoms with Crippen LogP contribution < -0.4 is 5.32 Å². The van der Waals surface area contributed by atoms with E-state index in [1.54, 1.807) is 23.2 Å². The van der Waals surface area contributed by atoms with Gasteiger partial charge in [-0.2, -0.15) is 19.6 Å². The number of rotatable bonds is 5. The fourth-order valence-corrected chi connectivity index (χ4v) is 3.36. The maximum atomic E-state index is 11.8. The molecular formula is C18H15BrN6OS. The second-order valence-electron chi connectivity index (χ2n) is 5.78. The normalized spacial score (nSPS) is 12.2. The number of aromatic nitrogens is 5. The minimum atomic E-state index is -1.29. The molecule has 0 saturated carbocycles. The predicted octanol–water partition coefficient (Wildman–Crippen LogP) is 3.30. The highest BCUT2D eigenvalue weighted by Crippen LogP contribution is 2.20. The Morgan fingerprint density at radius 1 is 1.15 bits per heavy atom. The number of pyridine rings is 1. The lowest BCUT2D eigenvalue weighted by Gasteiger charge is -2.09. The maximum absolute atomic E-state index is 11.8. The first-order chi connectivity index (χ1) is 13.1. The highest BCUT2D eigenvalue weighted by Gasteiger charge is 2.13. The number of hydrogen-bond donors (Lipinski definition) is 1. The van der Waals surface area contributed by atoms with Crippen LogP contribution >= 0.6 is 15.9 Å². The third kappa shape index (κ3) is 3.74. The molecule has 1 N–H and O–H groups in total. The molecule has 0 spiro atoms. The number of hydrogen-bond acceptors (Lipinski definition) is 6. The molecule has 1 unspecified atom stereocenters. The highest BCUT2D eigenvalue weighted by molar-refractivity contribution is 9.10. The predicted molar refractivity (Wildman–Crippen MR) is 108 cm³/mol. The summed E-state index contributed by atoms with van der Waals surface area (Å²) in [7, 11) is -1.29. The lowest BCUT2D eigenvalue weighted by atomic mass is 10.1. The number of fused-ring (bicyclic) bond motifs is 1. The van der Waals surface area contributed by atoms with Gasteiger partial charge < -0.3 is 5.32 Å². The zero-order chi connectivity index (χ0) is 18.8. The molecular weight excluding hydrogens is 428 g/mol. The largest absolute Gasteiger partial charge is 0.350 e. The van der Waals surface area contributed by atoms with Crippen molar-refractivity contribution in [2.75, 3.05) is 11.6 Å². The summed E-state index contributed by atoms with van der Waals surface area (Å²) in [6.45, 7) is 0.544. The quantitative estimate of drug-likeness (QED) is 0.510. The van der Waals surface area contributed by atoms with Gasteiger partial charge in [0.05, 0.1) is 27.2 Å². The molecule has 0 aliphatic heterocycles. The summed E-state index contributed by atoms with van der Waals surface area (Å²) >= 11 is 3.40. The van der Waals surface area contributed by atoms with Crippen LogP contribution in [0.25, 0.3) is 16.9 Å². The topological polar surface area (TPSA) is 85.1 Å². The van der Waals surface area contributed by atoms with Crippen LogP contribution in [0.4, 0.5) is 5.95 Å². The van der Waals surface area contributed by atoms with Gasteiger partial charge in [-0.1, -0.05) is 30.3 Å². The summed E-state index contributed by atoms with van der Waals surface area (Å²) in [6, 6.07) is 14.0. The van der Waals surface area contributed by atoms with Crippen LogP contribution in [0, 0.1) is 0 Å². The van der Waals surface area contributed by atoms with Crippen molar-refractivity contribution in [1.29, 1.82) is 0 Å². The van der Waals surface area contributed by atoms with Crippen molar-refractivity contribution in [2.45, 2.75) is 11.7 Å². The van der Waals surface area contributed by atoms with E-state index >= 15 is 0 Å². The zero-order valence-electron chi connectivity index (χ0n) is 14.3. The second-order valence-corrected chi connectivity index (χ2v) is 7.91. The molecule has 0 saturated heterocycles. The van der Waals surface area contributed by atoms with Gasteiger partial charge >= 0.3 is 0 Å². The number of anilines is 1. The van der Waals surface area contributed by atoms with Crippen molar-refractivity contribution < 1.29 is 4.21 Å². The van der Waals surface area contributed by atoms with Crippen molar-refractivity contribution in [3.8, 4) is 11.3 Å². The van der Waals surface area contributed by atoms with Crippen molar-refractivity contribution in [3.05, 3.63) is 64.9 Å². The van der Waals surface area contributed by atoms with Crippen molar-refractivity contribution in [3.63, 3.8) is 0 Å². The molecule has 27 heavy (non-hydrogen) atoms. The Labute approximate surface area is 166 Å². The fourth-order valence-electron chi connectivity index (χ4n) is 2.58. The highest BCUT2D eigenvalue weighted by atomic mass is 79.9. The Morgan fingerprint density at radius 3 is 2.67 bits per heavy atom. The molecule has 9 heteroatoms. The molecule has 0 amide bonds. The second kappa shape index (κ2) is 7.53. The van der Waals surface area contributed by atoms with Gasteiger partial charge in [0.1, 0.15) is 0 Å². The van der Waals surface area contributed by atoms with E-state index in [1.165, 1.54) is 0 Å². The van der Waals surface area contributed by atoms with Gasteiger partial charge in [0.15, 0.2) is 5.65 Å². The van der Waals surface area contributed by atoms with Gasteiger partial charge in [0.2, 0.25) is 11.1 Å². The molecule has 3 heterocycles. The first-order valence-corrected chi connectivity index (χ1v) is 10.5. The van der Waals surface area contributed by atoms with E-state index in [9.17, 15) is 4.21 Å². The average molecular weight is 443 g/mol. The third-order valence-electron chi connectivity index (χ3n) is 3.93. The number of benzene rings is 1. The van der Waals surface area contributed by atoms with Gasteiger partial charge in [-0.15, -0.1) is 0 Å². The van der Waals surface area contributed by atoms with E-state index in [0.29, 0.717) is 18.1 Å². The fraction of sp³-hybridized carbons (Fsp3) is 0.111. The van der Waals surface area contributed by atoms with Gasteiger partial charge in [-0.3, -0.25) is 9.19 Å². The van der Waals surface area contributed by atoms with Crippen LogP contribution in [0.1, 0.15) is 5.56 Å². The summed E-state index contributed by atoms with van der Waals surface area (Å²) in [4.78, 5) is 13.0. The summed E-state index contributed by atoms with van der Waals surface area (Å²) in [6.07, 6.45) is 4.97.